The molecule has 3 heteroatoms. The minimum absolute atomic E-state index is 0.0793. The largest absolute Gasteiger partial charge is 0.497 e. The van der Waals surface area contributed by atoms with Gasteiger partial charge in [0.25, 0.3) is 0 Å². The van der Waals surface area contributed by atoms with E-state index in [0.29, 0.717) is 6.04 Å². The van der Waals surface area contributed by atoms with Gasteiger partial charge in [0.1, 0.15) is 17.1 Å². The maximum atomic E-state index is 6.57. The zero-order valence-corrected chi connectivity index (χ0v) is 12.3. The topological polar surface area (TPSA) is 30.5 Å². The van der Waals surface area contributed by atoms with Crippen molar-refractivity contribution < 1.29 is 9.47 Å². The van der Waals surface area contributed by atoms with E-state index in [0.717, 1.165) is 29.8 Å². The van der Waals surface area contributed by atoms with Crippen molar-refractivity contribution in [1.82, 2.24) is 5.32 Å². The zero-order chi connectivity index (χ0) is 13.7. The molecule has 4 unspecified atom stereocenters. The molecule has 2 aliphatic carbocycles. The summed E-state index contributed by atoms with van der Waals surface area (Å²) in [4.78, 5) is 0. The molecular weight excluding hydrogens is 250 g/mol. The van der Waals surface area contributed by atoms with Gasteiger partial charge < -0.3 is 14.8 Å². The smallest absolute Gasteiger partial charge is 0.128 e. The van der Waals surface area contributed by atoms with Gasteiger partial charge in [0.05, 0.1) is 7.11 Å². The van der Waals surface area contributed by atoms with E-state index in [-0.39, 0.29) is 5.60 Å². The van der Waals surface area contributed by atoms with Crippen molar-refractivity contribution in [1.29, 1.82) is 0 Å². The second-order valence-corrected chi connectivity index (χ2v) is 6.70. The van der Waals surface area contributed by atoms with Crippen LogP contribution in [-0.4, -0.2) is 19.8 Å². The average Bonchev–Trinajstić information content (AvgIpc) is 3.06. The molecule has 1 spiro atoms. The Morgan fingerprint density at radius 3 is 2.85 bits per heavy atom. The Balaban J connectivity index is 1.74. The van der Waals surface area contributed by atoms with Gasteiger partial charge in [0, 0.05) is 24.1 Å². The minimum atomic E-state index is 0.0793. The van der Waals surface area contributed by atoms with E-state index >= 15 is 0 Å². The summed E-state index contributed by atoms with van der Waals surface area (Å²) in [6.07, 6.45) is 6.48. The van der Waals surface area contributed by atoms with Crippen molar-refractivity contribution in [2.24, 2.45) is 11.8 Å². The van der Waals surface area contributed by atoms with Crippen LogP contribution in [0.25, 0.3) is 0 Å². The molecule has 0 saturated heterocycles. The van der Waals surface area contributed by atoms with Crippen LogP contribution in [0.4, 0.5) is 0 Å². The molecule has 1 heterocycles. The lowest BCUT2D eigenvalue weighted by Crippen LogP contribution is -2.47. The monoisotopic (exact) mass is 273 g/mol. The van der Waals surface area contributed by atoms with E-state index in [1.807, 2.05) is 6.07 Å². The number of benzene rings is 1. The molecule has 4 rings (SSSR count). The first-order chi connectivity index (χ1) is 9.74. The van der Waals surface area contributed by atoms with Crippen LogP contribution in [0.2, 0.25) is 0 Å². The third kappa shape index (κ3) is 1.69. The third-order valence-corrected chi connectivity index (χ3v) is 5.73. The number of ether oxygens (including phenoxy) is 2. The second-order valence-electron chi connectivity index (χ2n) is 6.70. The number of fused-ring (bicyclic) bond motifs is 4. The molecule has 1 aromatic carbocycles. The Morgan fingerprint density at radius 1 is 1.30 bits per heavy atom. The van der Waals surface area contributed by atoms with Gasteiger partial charge in [0.2, 0.25) is 0 Å². The number of rotatable bonds is 2. The van der Waals surface area contributed by atoms with Crippen LogP contribution in [0.5, 0.6) is 11.5 Å². The van der Waals surface area contributed by atoms with Crippen LogP contribution in [-0.2, 0) is 0 Å². The highest BCUT2D eigenvalue weighted by Gasteiger charge is 2.55. The van der Waals surface area contributed by atoms with Gasteiger partial charge >= 0.3 is 0 Å². The number of hydrogen-bond donors (Lipinski definition) is 1. The van der Waals surface area contributed by atoms with Crippen LogP contribution in [0, 0.1) is 11.8 Å². The Kier molecular flexibility index (Phi) is 2.75. The summed E-state index contributed by atoms with van der Waals surface area (Å²) in [6, 6.07) is 6.65. The van der Waals surface area contributed by atoms with E-state index in [4.69, 9.17) is 9.47 Å². The van der Waals surface area contributed by atoms with Crippen LogP contribution >= 0.6 is 0 Å². The summed E-state index contributed by atoms with van der Waals surface area (Å²) in [5, 5.41) is 3.49. The Morgan fingerprint density at radius 2 is 2.20 bits per heavy atom. The number of nitrogens with one attached hydrogen (secondary N) is 1. The molecule has 1 aliphatic heterocycles. The summed E-state index contributed by atoms with van der Waals surface area (Å²) >= 11 is 0. The lowest BCUT2D eigenvalue weighted by molar-refractivity contribution is -0.0177. The molecule has 1 N–H and O–H groups in total. The van der Waals surface area contributed by atoms with Crippen LogP contribution in [0.15, 0.2) is 18.2 Å². The van der Waals surface area contributed by atoms with Gasteiger partial charge in [-0.2, -0.15) is 0 Å². The first-order valence-corrected chi connectivity index (χ1v) is 7.78. The standard InChI is InChI=1S/C17H23NO2/c1-18-15-10-17(9-11-3-4-12(17)7-11)20-16-8-13(19-2)5-6-14(15)16/h5-6,8,11-12,15,18H,3-4,7,9-10H2,1-2H3. The average molecular weight is 273 g/mol. The predicted molar refractivity (Wildman–Crippen MR) is 78.2 cm³/mol. The fourth-order valence-electron chi connectivity index (χ4n) is 4.76. The number of methoxy groups -OCH3 is 1. The fourth-order valence-corrected chi connectivity index (χ4v) is 4.76. The molecule has 2 saturated carbocycles. The molecule has 108 valence electrons. The summed E-state index contributed by atoms with van der Waals surface area (Å²) in [6.45, 7) is 0. The van der Waals surface area contributed by atoms with Gasteiger partial charge in [0.15, 0.2) is 0 Å². The van der Waals surface area contributed by atoms with E-state index in [2.05, 4.69) is 24.5 Å². The summed E-state index contributed by atoms with van der Waals surface area (Å²) in [7, 11) is 3.78. The summed E-state index contributed by atoms with van der Waals surface area (Å²) in [5.41, 5.74) is 1.36. The van der Waals surface area contributed by atoms with Gasteiger partial charge in [-0.1, -0.05) is 6.07 Å². The van der Waals surface area contributed by atoms with Gasteiger partial charge in [-0.25, -0.2) is 0 Å². The molecule has 4 atom stereocenters. The molecule has 0 amide bonds. The van der Waals surface area contributed by atoms with E-state index < -0.39 is 0 Å². The highest BCUT2D eigenvalue weighted by atomic mass is 16.5. The summed E-state index contributed by atoms with van der Waals surface area (Å²) < 4.78 is 11.9. The molecule has 0 radical (unpaired) electrons. The SMILES string of the molecule is CNC1CC2(CC3CCC2C3)Oc2cc(OC)ccc21. The molecular formula is C17H23NO2. The van der Waals surface area contributed by atoms with Gasteiger partial charge in [-0.15, -0.1) is 0 Å². The molecule has 3 aliphatic rings. The second kappa shape index (κ2) is 4.39. The lowest BCUT2D eigenvalue weighted by atomic mass is 9.76. The van der Waals surface area contributed by atoms with Crippen molar-refractivity contribution in [3.63, 3.8) is 0 Å². The first-order valence-electron chi connectivity index (χ1n) is 7.78. The van der Waals surface area contributed by atoms with Crippen LogP contribution < -0.4 is 14.8 Å². The van der Waals surface area contributed by atoms with Crippen molar-refractivity contribution in [2.45, 2.75) is 43.7 Å². The van der Waals surface area contributed by atoms with E-state index in [1.165, 1.54) is 31.2 Å². The molecule has 2 fully saturated rings. The Bertz CT molecular complexity index is 530. The van der Waals surface area contributed by atoms with Crippen molar-refractivity contribution in [3.05, 3.63) is 23.8 Å². The Hall–Kier alpha value is -1.22. The van der Waals surface area contributed by atoms with Crippen molar-refractivity contribution >= 4 is 0 Å². The highest BCUT2D eigenvalue weighted by molar-refractivity contribution is 5.45. The molecule has 3 nitrogen and oxygen atoms in total. The summed E-state index contributed by atoms with van der Waals surface area (Å²) in [5.74, 6) is 3.56. The van der Waals surface area contributed by atoms with Crippen LogP contribution in [0.3, 0.4) is 0 Å². The van der Waals surface area contributed by atoms with E-state index in [1.54, 1.807) is 7.11 Å². The minimum Gasteiger partial charge on any atom is -0.497 e. The first kappa shape index (κ1) is 12.5. The fraction of sp³-hybridized carbons (Fsp3) is 0.647. The van der Waals surface area contributed by atoms with Crippen molar-refractivity contribution in [2.75, 3.05) is 14.2 Å². The van der Waals surface area contributed by atoms with Gasteiger partial charge in [-0.3, -0.25) is 0 Å². The predicted octanol–water partition coefficient (Wildman–Crippen LogP) is 3.30. The lowest BCUT2D eigenvalue weighted by Gasteiger charge is -2.45. The third-order valence-electron chi connectivity index (χ3n) is 5.73. The molecule has 20 heavy (non-hydrogen) atoms. The maximum Gasteiger partial charge on any atom is 0.128 e. The van der Waals surface area contributed by atoms with Crippen molar-refractivity contribution in [3.8, 4) is 11.5 Å². The molecule has 1 aromatic rings. The van der Waals surface area contributed by atoms with Crippen LogP contribution in [0.1, 0.15) is 43.7 Å². The Labute approximate surface area is 120 Å². The molecule has 0 aromatic heterocycles. The quantitative estimate of drug-likeness (QED) is 0.897. The van der Waals surface area contributed by atoms with Gasteiger partial charge in [-0.05, 0) is 50.6 Å². The highest BCUT2D eigenvalue weighted by Crippen LogP contribution is 2.58. The zero-order valence-electron chi connectivity index (χ0n) is 12.3. The number of hydrogen-bond acceptors (Lipinski definition) is 3. The normalized spacial score (nSPS) is 37.8. The maximum absolute atomic E-state index is 6.57. The molecule has 2 bridgehead atoms. The van der Waals surface area contributed by atoms with E-state index in [9.17, 15) is 0 Å².